The van der Waals surface area contributed by atoms with Crippen molar-refractivity contribution < 1.29 is 9.69 Å². The molecule has 0 spiro atoms. The van der Waals surface area contributed by atoms with Crippen LogP contribution in [0, 0.1) is 13.8 Å². The summed E-state index contributed by atoms with van der Waals surface area (Å²) >= 11 is 5.34. The van der Waals surface area contributed by atoms with Gasteiger partial charge < -0.3 is 20.4 Å². The van der Waals surface area contributed by atoms with Gasteiger partial charge in [-0.05, 0) is 44.1 Å². The highest BCUT2D eigenvalue weighted by atomic mass is 32.1. The third-order valence-corrected chi connectivity index (χ3v) is 4.64. The number of aryl methyl sites for hydroxylation is 2. The van der Waals surface area contributed by atoms with Crippen LogP contribution in [0.2, 0.25) is 0 Å². The number of carbonyl (C=O) groups is 1. The first kappa shape index (κ1) is 17.7. The van der Waals surface area contributed by atoms with Crippen LogP contribution in [0.5, 0.6) is 0 Å². The van der Waals surface area contributed by atoms with Crippen molar-refractivity contribution in [2.45, 2.75) is 20.8 Å². The highest BCUT2D eigenvalue weighted by molar-refractivity contribution is 7.80. The Kier molecular flexibility index (Phi) is 6.36. The molecule has 3 N–H and O–H groups in total. The zero-order valence-electron chi connectivity index (χ0n) is 14.2. The number of piperazine rings is 1. The summed E-state index contributed by atoms with van der Waals surface area (Å²) in [4.78, 5) is 15.8. The molecule has 6 heteroatoms. The molecule has 0 saturated carbocycles. The molecule has 1 aliphatic heterocycles. The molecule has 0 aromatic heterocycles. The Hall–Kier alpha value is -1.66. The minimum atomic E-state index is 0.0834. The first-order chi connectivity index (χ1) is 11.0. The van der Waals surface area contributed by atoms with Gasteiger partial charge in [0.05, 0.1) is 26.2 Å². The summed E-state index contributed by atoms with van der Waals surface area (Å²) in [5, 5.41) is 7.08. The van der Waals surface area contributed by atoms with Gasteiger partial charge in [-0.3, -0.25) is 4.79 Å². The molecule has 0 bridgehead atoms. The normalized spacial score (nSPS) is 15.3. The molecule has 1 saturated heterocycles. The van der Waals surface area contributed by atoms with Crippen molar-refractivity contribution in [1.29, 1.82) is 0 Å². The maximum absolute atomic E-state index is 12.3. The molecule has 23 heavy (non-hydrogen) atoms. The molecule has 0 radical (unpaired) electrons. The van der Waals surface area contributed by atoms with Gasteiger partial charge in [0.1, 0.15) is 0 Å². The van der Waals surface area contributed by atoms with Crippen LogP contribution in [0.1, 0.15) is 18.1 Å². The van der Waals surface area contributed by atoms with Gasteiger partial charge in [0.25, 0.3) is 5.91 Å². The lowest BCUT2D eigenvalue weighted by Crippen LogP contribution is -3.15. The molecule has 1 aromatic carbocycles. The maximum atomic E-state index is 12.3. The highest BCUT2D eigenvalue weighted by Gasteiger charge is 2.23. The number of quaternary nitrogens is 1. The number of hydrogen-bond acceptors (Lipinski definition) is 2. The summed E-state index contributed by atoms with van der Waals surface area (Å²) in [6, 6.07) is 6.06. The molecule has 0 atom stereocenters. The average molecular weight is 335 g/mol. The molecular formula is C17H27N4OS+. The third-order valence-electron chi connectivity index (χ3n) is 4.24. The van der Waals surface area contributed by atoms with Crippen LogP contribution in [0.3, 0.4) is 0 Å². The molecule has 1 amide bonds. The molecule has 0 aliphatic carbocycles. The summed E-state index contributed by atoms with van der Waals surface area (Å²) in [5.74, 6) is 0.0834. The lowest BCUT2D eigenvalue weighted by molar-refractivity contribution is -0.895. The third kappa shape index (κ3) is 4.91. The van der Waals surface area contributed by atoms with E-state index in [4.69, 9.17) is 12.2 Å². The standard InChI is InChI=1S/C17H26N4OS/c1-4-18-17(23)21-10-8-20(9-11-21)12-15(22)19-16-13(2)6-5-7-14(16)3/h5-7H,4,8-12H2,1-3H3,(H,18,23)(H,19,22)/p+1. The molecule has 1 fully saturated rings. The van der Waals surface area contributed by atoms with E-state index in [-0.39, 0.29) is 5.91 Å². The molecule has 1 heterocycles. The minimum Gasteiger partial charge on any atom is -0.363 e. The monoisotopic (exact) mass is 335 g/mol. The van der Waals surface area contributed by atoms with Gasteiger partial charge in [0.2, 0.25) is 0 Å². The van der Waals surface area contributed by atoms with E-state index >= 15 is 0 Å². The Labute approximate surface area is 144 Å². The smallest absolute Gasteiger partial charge is 0.279 e. The first-order valence-electron chi connectivity index (χ1n) is 8.23. The number of para-hydroxylation sites is 1. The van der Waals surface area contributed by atoms with Crippen molar-refractivity contribution in [3.63, 3.8) is 0 Å². The van der Waals surface area contributed by atoms with E-state index in [1.807, 2.05) is 39.0 Å². The van der Waals surface area contributed by atoms with Crippen LogP contribution in [0.15, 0.2) is 18.2 Å². The topological polar surface area (TPSA) is 48.8 Å². The van der Waals surface area contributed by atoms with Crippen LogP contribution < -0.4 is 15.5 Å². The zero-order valence-corrected chi connectivity index (χ0v) is 15.1. The fraction of sp³-hybridized carbons (Fsp3) is 0.529. The lowest BCUT2D eigenvalue weighted by Gasteiger charge is -2.33. The minimum absolute atomic E-state index is 0.0834. The Bertz CT molecular complexity index is 547. The van der Waals surface area contributed by atoms with Crippen LogP contribution in [0.4, 0.5) is 5.69 Å². The Morgan fingerprint density at radius 1 is 1.26 bits per heavy atom. The van der Waals surface area contributed by atoms with Crippen molar-refractivity contribution in [3.05, 3.63) is 29.3 Å². The molecule has 1 aromatic rings. The summed E-state index contributed by atoms with van der Waals surface area (Å²) < 4.78 is 0. The fourth-order valence-corrected chi connectivity index (χ4v) is 3.22. The lowest BCUT2D eigenvalue weighted by atomic mass is 10.1. The van der Waals surface area contributed by atoms with Gasteiger partial charge in [0.15, 0.2) is 11.7 Å². The van der Waals surface area contributed by atoms with Crippen molar-refractivity contribution in [1.82, 2.24) is 10.2 Å². The number of hydrogen-bond donors (Lipinski definition) is 3. The molecule has 126 valence electrons. The molecule has 2 rings (SSSR count). The van der Waals surface area contributed by atoms with Gasteiger partial charge in [-0.2, -0.15) is 0 Å². The maximum Gasteiger partial charge on any atom is 0.279 e. The number of nitrogens with zero attached hydrogens (tertiary/aromatic N) is 1. The number of nitrogens with one attached hydrogen (secondary N) is 3. The number of rotatable bonds is 4. The van der Waals surface area contributed by atoms with Gasteiger partial charge in [-0.1, -0.05) is 18.2 Å². The number of anilines is 1. The summed E-state index contributed by atoms with van der Waals surface area (Å²) in [6.07, 6.45) is 0. The highest BCUT2D eigenvalue weighted by Crippen LogP contribution is 2.18. The summed E-state index contributed by atoms with van der Waals surface area (Å²) in [7, 11) is 0. The van der Waals surface area contributed by atoms with Crippen molar-refractivity contribution in [2.24, 2.45) is 0 Å². The second-order valence-corrected chi connectivity index (χ2v) is 6.45. The zero-order chi connectivity index (χ0) is 16.8. The second-order valence-electron chi connectivity index (χ2n) is 6.06. The largest absolute Gasteiger partial charge is 0.363 e. The summed E-state index contributed by atoms with van der Waals surface area (Å²) in [6.45, 7) is 11.1. The molecule has 5 nitrogen and oxygen atoms in total. The number of benzene rings is 1. The quantitative estimate of drug-likeness (QED) is 0.695. The summed E-state index contributed by atoms with van der Waals surface area (Å²) in [5.41, 5.74) is 3.16. The Morgan fingerprint density at radius 2 is 1.87 bits per heavy atom. The Balaban J connectivity index is 1.82. The Morgan fingerprint density at radius 3 is 2.43 bits per heavy atom. The van der Waals surface area contributed by atoms with Crippen LogP contribution in [-0.2, 0) is 4.79 Å². The van der Waals surface area contributed by atoms with Gasteiger partial charge >= 0.3 is 0 Å². The van der Waals surface area contributed by atoms with E-state index in [2.05, 4.69) is 15.5 Å². The van der Waals surface area contributed by atoms with E-state index in [1.165, 1.54) is 4.90 Å². The number of thiocarbonyl (C=S) groups is 1. The second kappa shape index (κ2) is 8.26. The average Bonchev–Trinajstić information content (AvgIpc) is 2.52. The van der Waals surface area contributed by atoms with Crippen molar-refractivity contribution in [2.75, 3.05) is 44.6 Å². The fourth-order valence-electron chi connectivity index (χ4n) is 2.89. The predicted octanol–water partition coefficient (Wildman–Crippen LogP) is 0.337. The van der Waals surface area contributed by atoms with Gasteiger partial charge in [-0.15, -0.1) is 0 Å². The SMILES string of the molecule is CCNC(=S)N1CC[NH+](CC(=O)Nc2c(C)cccc2C)CC1. The van der Waals surface area contributed by atoms with E-state index in [0.29, 0.717) is 6.54 Å². The predicted molar refractivity (Wildman–Crippen MR) is 98.0 cm³/mol. The van der Waals surface area contributed by atoms with Gasteiger partial charge in [0, 0.05) is 12.2 Å². The molecular weight excluding hydrogens is 308 g/mol. The van der Waals surface area contributed by atoms with Crippen LogP contribution in [-0.4, -0.2) is 55.2 Å². The van der Waals surface area contributed by atoms with Gasteiger partial charge in [-0.25, -0.2) is 0 Å². The number of carbonyl (C=O) groups excluding carboxylic acids is 1. The van der Waals surface area contributed by atoms with Crippen LogP contribution >= 0.6 is 12.2 Å². The van der Waals surface area contributed by atoms with Crippen molar-refractivity contribution >= 4 is 28.9 Å². The number of amides is 1. The first-order valence-corrected chi connectivity index (χ1v) is 8.64. The van der Waals surface area contributed by atoms with E-state index in [1.54, 1.807) is 0 Å². The molecule has 1 aliphatic rings. The molecule has 0 unspecified atom stereocenters. The van der Waals surface area contributed by atoms with E-state index < -0.39 is 0 Å². The van der Waals surface area contributed by atoms with E-state index in [0.717, 1.165) is 54.7 Å². The van der Waals surface area contributed by atoms with Crippen LogP contribution in [0.25, 0.3) is 0 Å². The van der Waals surface area contributed by atoms with E-state index in [9.17, 15) is 4.79 Å². The van der Waals surface area contributed by atoms with Crippen molar-refractivity contribution in [3.8, 4) is 0 Å².